The molecular formula is C13H17. The monoisotopic (exact) mass is 173 g/mol. The van der Waals surface area contributed by atoms with Crippen molar-refractivity contribution in [1.82, 2.24) is 0 Å². The molecule has 0 bridgehead atoms. The van der Waals surface area contributed by atoms with E-state index in [9.17, 15) is 0 Å². The second-order valence-corrected chi connectivity index (χ2v) is 4.05. The minimum atomic E-state index is 0.873. The lowest BCUT2D eigenvalue weighted by molar-refractivity contribution is 0.793. The molecular weight excluding hydrogens is 156 g/mol. The Morgan fingerprint density at radius 1 is 1.38 bits per heavy atom. The summed E-state index contributed by atoms with van der Waals surface area (Å²) in [6.45, 7) is 2.24. The van der Waals surface area contributed by atoms with Crippen molar-refractivity contribution in [1.29, 1.82) is 0 Å². The van der Waals surface area contributed by atoms with Crippen LogP contribution in [0.2, 0.25) is 0 Å². The van der Waals surface area contributed by atoms with E-state index in [1.807, 2.05) is 0 Å². The van der Waals surface area contributed by atoms with E-state index in [4.69, 9.17) is 0 Å². The van der Waals surface area contributed by atoms with Gasteiger partial charge >= 0.3 is 0 Å². The number of hydrogen-bond acceptors (Lipinski definition) is 0. The molecule has 0 saturated heterocycles. The summed E-state index contributed by atoms with van der Waals surface area (Å²) in [7, 11) is 0. The lowest BCUT2D eigenvalue weighted by atomic mass is 10.0. The van der Waals surface area contributed by atoms with Crippen molar-refractivity contribution in [2.45, 2.75) is 44.9 Å². The third-order valence-corrected chi connectivity index (χ3v) is 2.74. The van der Waals surface area contributed by atoms with Crippen LogP contribution in [0.1, 0.15) is 49.7 Å². The Morgan fingerprint density at radius 2 is 2.23 bits per heavy atom. The van der Waals surface area contributed by atoms with Crippen LogP contribution < -0.4 is 0 Å². The second kappa shape index (κ2) is 3.95. The van der Waals surface area contributed by atoms with E-state index in [1.165, 1.54) is 43.2 Å². The normalized spacial score (nSPS) is 16.1. The molecule has 1 aliphatic rings. The van der Waals surface area contributed by atoms with Gasteiger partial charge in [0.25, 0.3) is 0 Å². The molecule has 0 heteroatoms. The van der Waals surface area contributed by atoms with Crippen LogP contribution in [0.4, 0.5) is 0 Å². The Morgan fingerprint density at radius 3 is 2.92 bits per heavy atom. The van der Waals surface area contributed by atoms with Crippen LogP contribution in [0.25, 0.3) is 0 Å². The second-order valence-electron chi connectivity index (χ2n) is 4.05. The fourth-order valence-corrected chi connectivity index (χ4v) is 1.72. The zero-order valence-corrected chi connectivity index (χ0v) is 8.34. The van der Waals surface area contributed by atoms with Crippen LogP contribution in [0.15, 0.2) is 18.2 Å². The van der Waals surface area contributed by atoms with E-state index in [1.54, 1.807) is 0 Å². The molecule has 0 nitrogen and oxygen atoms in total. The van der Waals surface area contributed by atoms with Crippen molar-refractivity contribution < 1.29 is 0 Å². The first kappa shape index (κ1) is 8.80. The van der Waals surface area contributed by atoms with Crippen molar-refractivity contribution in [3.05, 3.63) is 35.4 Å². The highest BCUT2D eigenvalue weighted by Gasteiger charge is 2.23. The average molecular weight is 173 g/mol. The van der Waals surface area contributed by atoms with Gasteiger partial charge in [0.2, 0.25) is 0 Å². The van der Waals surface area contributed by atoms with Crippen LogP contribution >= 0.6 is 0 Å². The van der Waals surface area contributed by atoms with Gasteiger partial charge in [-0.15, -0.1) is 0 Å². The Labute approximate surface area is 81.0 Å². The quantitative estimate of drug-likeness (QED) is 0.651. The van der Waals surface area contributed by atoms with Gasteiger partial charge in [-0.3, -0.25) is 0 Å². The predicted molar refractivity (Wildman–Crippen MR) is 55.9 cm³/mol. The van der Waals surface area contributed by atoms with Crippen molar-refractivity contribution in [3.8, 4) is 0 Å². The summed E-state index contributed by atoms with van der Waals surface area (Å²) in [6, 6.07) is 9.94. The van der Waals surface area contributed by atoms with E-state index in [2.05, 4.69) is 31.2 Å². The lowest BCUT2D eigenvalue weighted by Gasteiger charge is -2.02. The van der Waals surface area contributed by atoms with E-state index < -0.39 is 0 Å². The van der Waals surface area contributed by atoms with E-state index >= 15 is 0 Å². The summed E-state index contributed by atoms with van der Waals surface area (Å²) >= 11 is 0. The molecule has 0 aliphatic heterocycles. The fraction of sp³-hybridized carbons (Fsp3) is 0.538. The minimum Gasteiger partial charge on any atom is -0.0654 e. The average Bonchev–Trinajstić information content (AvgIpc) is 2.98. The fourth-order valence-electron chi connectivity index (χ4n) is 1.72. The Kier molecular flexibility index (Phi) is 2.68. The Hall–Kier alpha value is -0.780. The standard InChI is InChI=1S/C13H17/c1-2-3-5-11-6-4-7-13(10-11)12-8-9-12/h6-7,10,12H,2-3,5,8-9H2,1H3. The molecule has 1 aromatic carbocycles. The first-order chi connectivity index (χ1) is 6.40. The molecule has 0 unspecified atom stereocenters. The van der Waals surface area contributed by atoms with Gasteiger partial charge in [-0.25, -0.2) is 0 Å². The summed E-state index contributed by atoms with van der Waals surface area (Å²) in [5.41, 5.74) is 3.00. The molecule has 1 saturated carbocycles. The van der Waals surface area contributed by atoms with Gasteiger partial charge in [0.15, 0.2) is 0 Å². The van der Waals surface area contributed by atoms with Crippen molar-refractivity contribution in [2.75, 3.05) is 0 Å². The SMILES string of the molecule is CCCCc1c[c]cc(C2CC2)c1. The largest absolute Gasteiger partial charge is 0.0654 e. The van der Waals surface area contributed by atoms with Crippen LogP contribution in [0, 0.1) is 6.07 Å². The highest BCUT2D eigenvalue weighted by atomic mass is 14.3. The van der Waals surface area contributed by atoms with Crippen molar-refractivity contribution in [3.63, 3.8) is 0 Å². The highest BCUT2D eigenvalue weighted by Crippen LogP contribution is 2.40. The number of benzene rings is 1. The van der Waals surface area contributed by atoms with Crippen molar-refractivity contribution in [2.24, 2.45) is 0 Å². The molecule has 1 aliphatic carbocycles. The van der Waals surface area contributed by atoms with Gasteiger partial charge in [0.05, 0.1) is 0 Å². The summed E-state index contributed by atoms with van der Waals surface area (Å²) < 4.78 is 0. The highest BCUT2D eigenvalue weighted by molar-refractivity contribution is 5.28. The minimum absolute atomic E-state index is 0.873. The molecule has 0 amide bonds. The number of rotatable bonds is 4. The maximum atomic E-state index is 3.26. The van der Waals surface area contributed by atoms with E-state index in [0.717, 1.165) is 5.92 Å². The molecule has 13 heavy (non-hydrogen) atoms. The third kappa shape index (κ3) is 2.33. The van der Waals surface area contributed by atoms with Gasteiger partial charge in [-0.05, 0) is 48.8 Å². The summed E-state index contributed by atoms with van der Waals surface area (Å²) in [4.78, 5) is 0. The topological polar surface area (TPSA) is 0 Å². The van der Waals surface area contributed by atoms with Crippen LogP contribution in [-0.4, -0.2) is 0 Å². The van der Waals surface area contributed by atoms with Gasteiger partial charge in [-0.1, -0.05) is 31.5 Å². The van der Waals surface area contributed by atoms with E-state index in [0.29, 0.717) is 0 Å². The smallest absolute Gasteiger partial charge is 0.0161 e. The van der Waals surface area contributed by atoms with Crippen LogP contribution in [-0.2, 0) is 6.42 Å². The zero-order valence-electron chi connectivity index (χ0n) is 8.34. The molecule has 1 fully saturated rings. The molecule has 69 valence electrons. The summed E-state index contributed by atoms with van der Waals surface area (Å²) in [6.07, 6.45) is 6.61. The molecule has 1 radical (unpaired) electrons. The molecule has 0 atom stereocenters. The van der Waals surface area contributed by atoms with E-state index in [-0.39, 0.29) is 0 Å². The Balaban J connectivity index is 2.03. The molecule has 0 aromatic heterocycles. The maximum Gasteiger partial charge on any atom is -0.0161 e. The van der Waals surface area contributed by atoms with Gasteiger partial charge in [-0.2, -0.15) is 0 Å². The maximum absolute atomic E-state index is 3.26. The predicted octanol–water partition coefficient (Wildman–Crippen LogP) is 3.71. The van der Waals surface area contributed by atoms with Gasteiger partial charge in [0, 0.05) is 0 Å². The van der Waals surface area contributed by atoms with Crippen molar-refractivity contribution >= 4 is 0 Å². The molecule has 1 aromatic rings. The van der Waals surface area contributed by atoms with Crippen LogP contribution in [0.5, 0.6) is 0 Å². The molecule has 0 N–H and O–H groups in total. The molecule has 0 spiro atoms. The number of unbranched alkanes of at least 4 members (excludes halogenated alkanes) is 1. The van der Waals surface area contributed by atoms with Gasteiger partial charge < -0.3 is 0 Å². The summed E-state index contributed by atoms with van der Waals surface area (Å²) in [5.74, 6) is 0.873. The molecule has 2 rings (SSSR count). The van der Waals surface area contributed by atoms with Crippen LogP contribution in [0.3, 0.4) is 0 Å². The molecule has 0 heterocycles. The number of hydrogen-bond donors (Lipinski definition) is 0. The number of aryl methyl sites for hydroxylation is 1. The zero-order chi connectivity index (χ0) is 9.10. The first-order valence-corrected chi connectivity index (χ1v) is 5.40. The first-order valence-electron chi connectivity index (χ1n) is 5.40. The van der Waals surface area contributed by atoms with Gasteiger partial charge in [0.1, 0.15) is 0 Å². The Bertz CT molecular complexity index is 271. The summed E-state index contributed by atoms with van der Waals surface area (Å²) in [5, 5.41) is 0. The lowest BCUT2D eigenvalue weighted by Crippen LogP contribution is -1.87. The third-order valence-electron chi connectivity index (χ3n) is 2.74.